The van der Waals surface area contributed by atoms with Gasteiger partial charge in [-0.05, 0) is 23.3 Å². The Morgan fingerprint density at radius 3 is 2.10 bits per heavy atom. The third-order valence-corrected chi connectivity index (χ3v) is 5.23. The first-order valence-electron chi connectivity index (χ1n) is 6.81. The number of aliphatic hydroxyl groups is 1. The second-order valence-electron chi connectivity index (χ2n) is 4.72. The second kappa shape index (κ2) is 6.85. The average molecular weight is 305 g/mol. The van der Waals surface area contributed by atoms with Gasteiger partial charge in [0.15, 0.2) is 0 Å². The van der Waals surface area contributed by atoms with Crippen LogP contribution in [0.1, 0.15) is 18.1 Å². The van der Waals surface area contributed by atoms with Crippen molar-refractivity contribution in [1.82, 2.24) is 4.31 Å². The van der Waals surface area contributed by atoms with Crippen molar-refractivity contribution >= 4 is 10.0 Å². The Morgan fingerprint density at radius 1 is 0.952 bits per heavy atom. The Hall–Kier alpha value is -1.69. The SMILES string of the molecule is CCN(Cc1ccccc1)S(=O)(=O)c1ccc(CO)cc1. The Morgan fingerprint density at radius 2 is 1.57 bits per heavy atom. The first-order chi connectivity index (χ1) is 10.1. The molecular weight excluding hydrogens is 286 g/mol. The molecule has 0 radical (unpaired) electrons. The molecule has 0 bridgehead atoms. The standard InChI is InChI=1S/C16H19NO3S/c1-2-17(12-14-6-4-3-5-7-14)21(19,20)16-10-8-15(13-18)9-11-16/h3-11,18H,2,12-13H2,1H3. The molecule has 21 heavy (non-hydrogen) atoms. The summed E-state index contributed by atoms with van der Waals surface area (Å²) >= 11 is 0. The van der Waals surface area contributed by atoms with Crippen LogP contribution in [0.4, 0.5) is 0 Å². The van der Waals surface area contributed by atoms with Gasteiger partial charge in [0.05, 0.1) is 11.5 Å². The van der Waals surface area contributed by atoms with Crippen molar-refractivity contribution in [3.05, 3.63) is 65.7 Å². The van der Waals surface area contributed by atoms with E-state index in [1.807, 2.05) is 37.3 Å². The Labute approximate surface area is 125 Å². The molecular formula is C16H19NO3S. The van der Waals surface area contributed by atoms with Gasteiger partial charge in [-0.2, -0.15) is 4.31 Å². The van der Waals surface area contributed by atoms with E-state index in [-0.39, 0.29) is 11.5 Å². The molecule has 2 aromatic rings. The van der Waals surface area contributed by atoms with E-state index in [9.17, 15) is 8.42 Å². The topological polar surface area (TPSA) is 57.6 Å². The van der Waals surface area contributed by atoms with E-state index >= 15 is 0 Å². The fraction of sp³-hybridized carbons (Fsp3) is 0.250. The first-order valence-corrected chi connectivity index (χ1v) is 8.26. The van der Waals surface area contributed by atoms with Crippen molar-refractivity contribution < 1.29 is 13.5 Å². The molecule has 0 aliphatic rings. The lowest BCUT2D eigenvalue weighted by Gasteiger charge is -2.20. The largest absolute Gasteiger partial charge is 0.392 e. The van der Waals surface area contributed by atoms with E-state index in [4.69, 9.17) is 5.11 Å². The van der Waals surface area contributed by atoms with Crippen molar-refractivity contribution in [2.24, 2.45) is 0 Å². The summed E-state index contributed by atoms with van der Waals surface area (Å²) < 4.78 is 26.7. The molecule has 0 atom stereocenters. The van der Waals surface area contributed by atoms with Gasteiger partial charge in [0.25, 0.3) is 0 Å². The van der Waals surface area contributed by atoms with Gasteiger partial charge in [-0.25, -0.2) is 8.42 Å². The smallest absolute Gasteiger partial charge is 0.243 e. The molecule has 0 saturated heterocycles. The molecule has 5 heteroatoms. The van der Waals surface area contributed by atoms with Crippen LogP contribution in [0.5, 0.6) is 0 Å². The lowest BCUT2D eigenvalue weighted by Crippen LogP contribution is -2.30. The minimum atomic E-state index is -3.52. The highest BCUT2D eigenvalue weighted by Gasteiger charge is 2.22. The van der Waals surface area contributed by atoms with Crippen molar-refractivity contribution in [2.75, 3.05) is 6.54 Å². The predicted octanol–water partition coefficient (Wildman–Crippen LogP) is 2.39. The fourth-order valence-corrected chi connectivity index (χ4v) is 3.51. The summed E-state index contributed by atoms with van der Waals surface area (Å²) in [5, 5.41) is 9.02. The molecule has 2 rings (SSSR count). The minimum absolute atomic E-state index is 0.0954. The summed E-state index contributed by atoms with van der Waals surface area (Å²) in [6.07, 6.45) is 0. The minimum Gasteiger partial charge on any atom is -0.392 e. The zero-order valence-electron chi connectivity index (χ0n) is 11.9. The number of aliphatic hydroxyl groups excluding tert-OH is 1. The van der Waals surface area contributed by atoms with Gasteiger partial charge in [0.1, 0.15) is 0 Å². The highest BCUT2D eigenvalue weighted by molar-refractivity contribution is 7.89. The predicted molar refractivity (Wildman–Crippen MR) is 82.1 cm³/mol. The first kappa shape index (κ1) is 15.7. The van der Waals surface area contributed by atoms with Crippen molar-refractivity contribution in [2.45, 2.75) is 25.0 Å². The van der Waals surface area contributed by atoms with E-state index in [0.29, 0.717) is 18.7 Å². The number of nitrogens with zero attached hydrogens (tertiary/aromatic N) is 1. The lowest BCUT2D eigenvalue weighted by molar-refractivity contribution is 0.281. The quantitative estimate of drug-likeness (QED) is 0.891. The molecule has 0 heterocycles. The molecule has 0 aliphatic carbocycles. The highest BCUT2D eigenvalue weighted by Crippen LogP contribution is 2.18. The van der Waals surface area contributed by atoms with Crippen LogP contribution < -0.4 is 0 Å². The van der Waals surface area contributed by atoms with Crippen molar-refractivity contribution in [3.63, 3.8) is 0 Å². The third-order valence-electron chi connectivity index (χ3n) is 3.30. The molecule has 1 N–H and O–H groups in total. The van der Waals surface area contributed by atoms with E-state index in [2.05, 4.69) is 0 Å². The Bertz CT molecular complexity index is 666. The number of benzene rings is 2. The summed E-state index contributed by atoms with van der Waals surface area (Å²) in [4.78, 5) is 0.248. The molecule has 0 aliphatic heterocycles. The average Bonchev–Trinajstić information content (AvgIpc) is 2.53. The van der Waals surface area contributed by atoms with Gasteiger partial charge in [-0.15, -0.1) is 0 Å². The van der Waals surface area contributed by atoms with Gasteiger partial charge < -0.3 is 5.11 Å². The van der Waals surface area contributed by atoms with Crippen LogP contribution in [0, 0.1) is 0 Å². The van der Waals surface area contributed by atoms with Gasteiger partial charge in [-0.3, -0.25) is 0 Å². The molecule has 0 amide bonds. The van der Waals surface area contributed by atoms with Crippen molar-refractivity contribution in [1.29, 1.82) is 0 Å². The molecule has 0 unspecified atom stereocenters. The monoisotopic (exact) mass is 305 g/mol. The summed E-state index contributed by atoms with van der Waals surface area (Å²) in [5.74, 6) is 0. The van der Waals surface area contributed by atoms with Gasteiger partial charge in [0, 0.05) is 13.1 Å². The number of hydrogen-bond acceptors (Lipinski definition) is 3. The van der Waals surface area contributed by atoms with Crippen LogP contribution in [-0.2, 0) is 23.2 Å². The second-order valence-corrected chi connectivity index (χ2v) is 6.66. The van der Waals surface area contributed by atoms with E-state index in [1.165, 1.54) is 16.4 Å². The molecule has 4 nitrogen and oxygen atoms in total. The Balaban J connectivity index is 2.26. The summed E-state index contributed by atoms with van der Waals surface area (Å²) in [5.41, 5.74) is 1.65. The van der Waals surface area contributed by atoms with Gasteiger partial charge in [0.2, 0.25) is 10.0 Å². The lowest BCUT2D eigenvalue weighted by atomic mass is 10.2. The van der Waals surface area contributed by atoms with Crippen LogP contribution in [0.15, 0.2) is 59.5 Å². The van der Waals surface area contributed by atoms with E-state index in [1.54, 1.807) is 12.1 Å². The van der Waals surface area contributed by atoms with E-state index < -0.39 is 10.0 Å². The van der Waals surface area contributed by atoms with E-state index in [0.717, 1.165) is 5.56 Å². The number of sulfonamides is 1. The molecule has 0 spiro atoms. The van der Waals surface area contributed by atoms with Crippen LogP contribution in [0.25, 0.3) is 0 Å². The zero-order valence-corrected chi connectivity index (χ0v) is 12.8. The Kier molecular flexibility index (Phi) is 5.12. The maximum Gasteiger partial charge on any atom is 0.243 e. The fourth-order valence-electron chi connectivity index (χ4n) is 2.07. The van der Waals surface area contributed by atoms with Crippen molar-refractivity contribution in [3.8, 4) is 0 Å². The zero-order chi connectivity index (χ0) is 15.3. The van der Waals surface area contributed by atoms with Crippen LogP contribution in [-0.4, -0.2) is 24.4 Å². The molecule has 0 fully saturated rings. The third kappa shape index (κ3) is 3.69. The molecule has 0 aromatic heterocycles. The highest BCUT2D eigenvalue weighted by atomic mass is 32.2. The number of hydrogen-bond donors (Lipinski definition) is 1. The van der Waals surface area contributed by atoms with Crippen LogP contribution in [0.2, 0.25) is 0 Å². The number of rotatable bonds is 6. The normalized spacial score (nSPS) is 11.8. The summed E-state index contributed by atoms with van der Waals surface area (Å²) in [6, 6.07) is 15.8. The summed E-state index contributed by atoms with van der Waals surface area (Å²) in [6.45, 7) is 2.48. The molecule has 112 valence electrons. The van der Waals surface area contributed by atoms with Gasteiger partial charge >= 0.3 is 0 Å². The molecule has 2 aromatic carbocycles. The summed E-state index contributed by atoms with van der Waals surface area (Å²) in [7, 11) is -3.52. The molecule has 0 saturated carbocycles. The van der Waals surface area contributed by atoms with Crippen LogP contribution in [0.3, 0.4) is 0 Å². The maximum absolute atomic E-state index is 12.6. The maximum atomic E-state index is 12.6. The van der Waals surface area contributed by atoms with Gasteiger partial charge in [-0.1, -0.05) is 49.4 Å². The van der Waals surface area contributed by atoms with Crippen LogP contribution >= 0.6 is 0 Å².